The van der Waals surface area contributed by atoms with Crippen molar-refractivity contribution in [2.75, 3.05) is 0 Å². The summed E-state index contributed by atoms with van der Waals surface area (Å²) in [5, 5.41) is 8.49. The molecule has 2 nitrogen and oxygen atoms in total. The molecular weight excluding hydrogens is 321 g/mol. The summed E-state index contributed by atoms with van der Waals surface area (Å²) in [7, 11) is 0. The molecule has 1 rings (SSSR count). The van der Waals surface area contributed by atoms with E-state index in [1.54, 1.807) is 6.07 Å². The van der Waals surface area contributed by atoms with E-state index in [2.05, 4.69) is 15.9 Å². The summed E-state index contributed by atoms with van der Waals surface area (Å²) >= 11 is 2.81. The summed E-state index contributed by atoms with van der Waals surface area (Å²) < 4.78 is 37.0. The quantitative estimate of drug-likeness (QED) is 0.846. The van der Waals surface area contributed by atoms with Crippen molar-refractivity contribution in [3.8, 4) is 0 Å². The largest absolute Gasteiger partial charge is 0.481 e. The maximum atomic E-state index is 12.2. The van der Waals surface area contributed by atoms with Crippen LogP contribution in [0.5, 0.6) is 0 Å². The molecule has 0 heterocycles. The maximum absolute atomic E-state index is 12.2. The predicted octanol–water partition coefficient (Wildman–Crippen LogP) is 4.08. The fraction of sp³-hybridized carbons (Fsp3) is 0.300. The van der Waals surface area contributed by atoms with Crippen molar-refractivity contribution < 1.29 is 23.1 Å². The fourth-order valence-corrected chi connectivity index (χ4v) is 2.27. The molecule has 1 N–H and O–H groups in total. The zero-order valence-electron chi connectivity index (χ0n) is 8.42. The van der Waals surface area contributed by atoms with Gasteiger partial charge >= 0.3 is 11.5 Å². The van der Waals surface area contributed by atoms with E-state index in [9.17, 15) is 18.0 Å². The number of carbonyl (C=O) groups is 1. The Bertz CT molecular complexity index is 421. The van der Waals surface area contributed by atoms with Crippen molar-refractivity contribution >= 4 is 33.7 Å². The third kappa shape index (κ3) is 5.45. The lowest BCUT2D eigenvalue weighted by Crippen LogP contribution is -2.01. The second kappa shape index (κ2) is 5.77. The van der Waals surface area contributed by atoms with Crippen LogP contribution in [0.1, 0.15) is 12.0 Å². The number of hydrogen-bond donors (Lipinski definition) is 1. The Labute approximate surface area is 108 Å². The van der Waals surface area contributed by atoms with Gasteiger partial charge in [-0.15, -0.1) is 0 Å². The molecule has 0 fully saturated rings. The van der Waals surface area contributed by atoms with Gasteiger partial charge in [-0.1, -0.05) is 6.07 Å². The lowest BCUT2D eigenvalue weighted by Gasteiger charge is -2.09. The molecule has 94 valence electrons. The van der Waals surface area contributed by atoms with Gasteiger partial charge in [-0.3, -0.25) is 4.79 Å². The van der Waals surface area contributed by atoms with E-state index >= 15 is 0 Å². The van der Waals surface area contributed by atoms with E-state index in [4.69, 9.17) is 5.11 Å². The third-order valence-corrected chi connectivity index (χ3v) is 3.59. The van der Waals surface area contributed by atoms with Crippen molar-refractivity contribution in [1.29, 1.82) is 0 Å². The molecule has 1 aromatic carbocycles. The minimum atomic E-state index is -4.35. The van der Waals surface area contributed by atoms with E-state index < -0.39 is 11.5 Å². The van der Waals surface area contributed by atoms with Gasteiger partial charge in [0.25, 0.3) is 0 Å². The Morgan fingerprint density at radius 1 is 1.41 bits per heavy atom. The van der Waals surface area contributed by atoms with Gasteiger partial charge in [0.1, 0.15) is 0 Å². The average molecular weight is 329 g/mol. The summed E-state index contributed by atoms with van der Waals surface area (Å²) in [6.45, 7) is 0. The van der Waals surface area contributed by atoms with Crippen molar-refractivity contribution in [2.45, 2.75) is 23.2 Å². The van der Waals surface area contributed by atoms with Gasteiger partial charge in [0.05, 0.1) is 0 Å². The monoisotopic (exact) mass is 328 g/mol. The molecule has 0 aliphatic rings. The highest BCUT2D eigenvalue weighted by Gasteiger charge is 2.30. The lowest BCUT2D eigenvalue weighted by molar-refractivity contribution is -0.136. The zero-order valence-corrected chi connectivity index (χ0v) is 10.8. The summed E-state index contributed by atoms with van der Waals surface area (Å²) in [5.74, 6) is -0.974. The number of rotatable bonds is 4. The number of halogens is 4. The molecule has 0 aromatic heterocycles. The molecule has 0 saturated carbocycles. The van der Waals surface area contributed by atoms with E-state index in [1.807, 2.05) is 0 Å². The van der Waals surface area contributed by atoms with Crippen molar-refractivity contribution in [3.05, 3.63) is 28.2 Å². The standard InChI is InChI=1S/C10H8BrF3O2S/c11-7-3-1-6(2-4-9(15)16)5-8(7)17-10(12,13)14/h1,3,5H,2,4H2,(H,15,16). The predicted molar refractivity (Wildman–Crippen MR) is 62.0 cm³/mol. The molecule has 0 aliphatic heterocycles. The summed E-state index contributed by atoms with van der Waals surface area (Å²) in [4.78, 5) is 10.4. The Morgan fingerprint density at radius 2 is 2.06 bits per heavy atom. The minimum absolute atomic E-state index is 0.0420. The van der Waals surface area contributed by atoms with Crippen molar-refractivity contribution in [1.82, 2.24) is 0 Å². The number of aryl methyl sites for hydroxylation is 1. The average Bonchev–Trinajstić information content (AvgIpc) is 2.17. The lowest BCUT2D eigenvalue weighted by atomic mass is 10.1. The number of carboxylic acid groups (broad SMARTS) is 1. The molecular formula is C10H8BrF3O2S. The topological polar surface area (TPSA) is 37.3 Å². The summed E-state index contributed by atoms with van der Waals surface area (Å²) in [5.41, 5.74) is -3.78. The zero-order chi connectivity index (χ0) is 13.1. The first-order valence-corrected chi connectivity index (χ1v) is 6.15. The van der Waals surface area contributed by atoms with E-state index in [0.717, 1.165) is 0 Å². The van der Waals surface area contributed by atoms with Crippen LogP contribution in [-0.4, -0.2) is 16.6 Å². The smallest absolute Gasteiger partial charge is 0.446 e. The van der Waals surface area contributed by atoms with Crippen LogP contribution in [0.2, 0.25) is 0 Å². The number of hydrogen-bond acceptors (Lipinski definition) is 2. The Balaban J connectivity index is 2.83. The molecule has 0 aliphatic carbocycles. The molecule has 17 heavy (non-hydrogen) atoms. The van der Waals surface area contributed by atoms with Crippen LogP contribution in [0.15, 0.2) is 27.6 Å². The van der Waals surface area contributed by atoms with Gasteiger partial charge in [-0.05, 0) is 51.8 Å². The van der Waals surface area contributed by atoms with Crippen LogP contribution in [0.25, 0.3) is 0 Å². The molecule has 0 atom stereocenters. The normalized spacial score (nSPS) is 11.5. The van der Waals surface area contributed by atoms with Crippen LogP contribution in [0, 0.1) is 0 Å². The number of alkyl halides is 3. The van der Waals surface area contributed by atoms with E-state index in [0.29, 0.717) is 10.0 Å². The third-order valence-electron chi connectivity index (χ3n) is 1.85. The first-order valence-electron chi connectivity index (χ1n) is 4.54. The molecule has 7 heteroatoms. The Morgan fingerprint density at radius 3 is 2.59 bits per heavy atom. The van der Waals surface area contributed by atoms with E-state index in [1.165, 1.54) is 12.1 Å². The van der Waals surface area contributed by atoms with Gasteiger partial charge in [0, 0.05) is 15.8 Å². The molecule has 1 aromatic rings. The highest BCUT2D eigenvalue weighted by molar-refractivity contribution is 9.10. The van der Waals surface area contributed by atoms with E-state index in [-0.39, 0.29) is 29.5 Å². The molecule has 0 saturated heterocycles. The van der Waals surface area contributed by atoms with Crippen LogP contribution >= 0.6 is 27.7 Å². The highest BCUT2D eigenvalue weighted by atomic mass is 79.9. The molecule has 0 radical (unpaired) electrons. The Hall–Kier alpha value is -0.690. The Kier molecular flexibility index (Phi) is 4.88. The van der Waals surface area contributed by atoms with Gasteiger partial charge in [-0.2, -0.15) is 13.2 Å². The van der Waals surface area contributed by atoms with Gasteiger partial charge in [-0.25, -0.2) is 0 Å². The number of benzene rings is 1. The molecule has 0 amide bonds. The highest BCUT2D eigenvalue weighted by Crippen LogP contribution is 2.40. The number of thioether (sulfide) groups is 1. The summed E-state index contributed by atoms with van der Waals surface area (Å²) in [6.07, 6.45) is 0.117. The summed E-state index contributed by atoms with van der Waals surface area (Å²) in [6, 6.07) is 4.45. The van der Waals surface area contributed by atoms with Crippen LogP contribution in [-0.2, 0) is 11.2 Å². The second-order valence-corrected chi connectivity index (χ2v) is 5.17. The first kappa shape index (κ1) is 14.4. The van der Waals surface area contributed by atoms with Crippen LogP contribution < -0.4 is 0 Å². The van der Waals surface area contributed by atoms with Crippen LogP contribution in [0.3, 0.4) is 0 Å². The maximum Gasteiger partial charge on any atom is 0.446 e. The van der Waals surface area contributed by atoms with Crippen LogP contribution in [0.4, 0.5) is 13.2 Å². The number of carboxylic acids is 1. The van der Waals surface area contributed by atoms with Gasteiger partial charge in [0.2, 0.25) is 0 Å². The molecule has 0 unspecified atom stereocenters. The first-order chi connectivity index (χ1) is 7.78. The molecule has 0 spiro atoms. The SMILES string of the molecule is O=C(O)CCc1ccc(Br)c(SC(F)(F)F)c1. The second-order valence-electron chi connectivity index (χ2n) is 3.21. The fourth-order valence-electron chi connectivity index (χ4n) is 1.16. The molecule has 0 bridgehead atoms. The minimum Gasteiger partial charge on any atom is -0.481 e. The van der Waals surface area contributed by atoms with Gasteiger partial charge < -0.3 is 5.11 Å². The number of aliphatic carboxylic acids is 1. The van der Waals surface area contributed by atoms with Gasteiger partial charge in [0.15, 0.2) is 0 Å². The van der Waals surface area contributed by atoms with Crippen molar-refractivity contribution in [2.24, 2.45) is 0 Å². The van der Waals surface area contributed by atoms with Crippen molar-refractivity contribution in [3.63, 3.8) is 0 Å².